The molecule has 0 unspecified atom stereocenters. The molecule has 1 saturated heterocycles. The zero-order valence-electron chi connectivity index (χ0n) is 16.3. The predicted molar refractivity (Wildman–Crippen MR) is 97.5 cm³/mol. The smallest absolute Gasteiger partial charge is 0.0529 e. The molecule has 21 heavy (non-hydrogen) atoms. The summed E-state index contributed by atoms with van der Waals surface area (Å²) in [4.78, 5) is 7.77. The van der Waals surface area contributed by atoms with Gasteiger partial charge in [0.1, 0.15) is 0 Å². The zero-order chi connectivity index (χ0) is 16.7. The fraction of sp³-hybridized carbons (Fsp3) is 1.00. The van der Waals surface area contributed by atoms with E-state index in [1.54, 1.807) is 0 Å². The second-order valence-electron chi connectivity index (χ2n) is 5.79. The van der Waals surface area contributed by atoms with Crippen molar-refractivity contribution < 1.29 is 0 Å². The maximum Gasteiger partial charge on any atom is 0.0529 e. The molecule has 1 fully saturated rings. The molecule has 0 saturated carbocycles. The van der Waals surface area contributed by atoms with Gasteiger partial charge in [0.2, 0.25) is 0 Å². The molecule has 3 nitrogen and oxygen atoms in total. The van der Waals surface area contributed by atoms with E-state index < -0.39 is 0 Å². The van der Waals surface area contributed by atoms with Gasteiger partial charge in [-0.3, -0.25) is 14.7 Å². The first-order valence-corrected chi connectivity index (χ1v) is 9.32. The van der Waals surface area contributed by atoms with Crippen LogP contribution in [0.1, 0.15) is 74.7 Å². The molecule has 0 amide bonds. The fourth-order valence-corrected chi connectivity index (χ4v) is 2.48. The molecular weight excluding hydrogens is 258 g/mol. The standard InChI is InChI=1S/C14H31N3.2C2H6/c1-5-8-15-11-16(9-6-2)13-17(12-15)10-7-14(3)4;2*1-2/h14H,5-13H2,1-4H3;2*1-2H3. The summed E-state index contributed by atoms with van der Waals surface area (Å²) in [5.41, 5.74) is 0. The molecule has 0 aromatic carbocycles. The minimum Gasteiger partial charge on any atom is -0.277 e. The topological polar surface area (TPSA) is 9.72 Å². The van der Waals surface area contributed by atoms with Gasteiger partial charge in [0.05, 0.1) is 20.0 Å². The summed E-state index contributed by atoms with van der Waals surface area (Å²) < 4.78 is 0. The van der Waals surface area contributed by atoms with Gasteiger partial charge in [-0.2, -0.15) is 0 Å². The third kappa shape index (κ3) is 12.1. The first kappa shape index (κ1) is 23.2. The Morgan fingerprint density at radius 3 is 1.29 bits per heavy atom. The van der Waals surface area contributed by atoms with Gasteiger partial charge in [0.25, 0.3) is 0 Å². The van der Waals surface area contributed by atoms with E-state index >= 15 is 0 Å². The molecular formula is C18H43N3. The molecule has 0 aliphatic carbocycles. The summed E-state index contributed by atoms with van der Waals surface area (Å²) >= 11 is 0. The van der Waals surface area contributed by atoms with Gasteiger partial charge in [0, 0.05) is 19.6 Å². The second-order valence-corrected chi connectivity index (χ2v) is 5.79. The van der Waals surface area contributed by atoms with Crippen molar-refractivity contribution in [2.24, 2.45) is 5.92 Å². The quantitative estimate of drug-likeness (QED) is 0.675. The van der Waals surface area contributed by atoms with E-state index in [2.05, 4.69) is 42.4 Å². The summed E-state index contributed by atoms with van der Waals surface area (Å²) in [5.74, 6) is 0.816. The molecule has 0 radical (unpaired) electrons. The molecule has 130 valence electrons. The monoisotopic (exact) mass is 301 g/mol. The first-order valence-electron chi connectivity index (χ1n) is 9.32. The van der Waals surface area contributed by atoms with Crippen LogP contribution >= 0.6 is 0 Å². The fourth-order valence-electron chi connectivity index (χ4n) is 2.48. The van der Waals surface area contributed by atoms with Crippen molar-refractivity contribution >= 4 is 0 Å². The summed E-state index contributed by atoms with van der Waals surface area (Å²) in [6.07, 6.45) is 3.84. The Morgan fingerprint density at radius 2 is 1.00 bits per heavy atom. The van der Waals surface area contributed by atoms with Crippen molar-refractivity contribution in [2.45, 2.75) is 74.7 Å². The highest BCUT2D eigenvalue weighted by atomic mass is 15.5. The van der Waals surface area contributed by atoms with Gasteiger partial charge in [-0.05, 0) is 25.2 Å². The molecule has 0 spiro atoms. The van der Waals surface area contributed by atoms with Gasteiger partial charge >= 0.3 is 0 Å². The van der Waals surface area contributed by atoms with Gasteiger partial charge < -0.3 is 0 Å². The second kappa shape index (κ2) is 16.3. The molecule has 0 aromatic heterocycles. The molecule has 0 atom stereocenters. The molecule has 3 heteroatoms. The first-order chi connectivity index (χ1) is 10.2. The van der Waals surface area contributed by atoms with Gasteiger partial charge in [-0.25, -0.2) is 0 Å². The summed E-state index contributed by atoms with van der Waals surface area (Å²) in [6, 6.07) is 0. The predicted octanol–water partition coefficient (Wildman–Crippen LogP) is 4.70. The van der Waals surface area contributed by atoms with Crippen LogP contribution in [0.25, 0.3) is 0 Å². The Labute approximate surface area is 135 Å². The lowest BCUT2D eigenvalue weighted by Crippen LogP contribution is -2.55. The molecule has 1 heterocycles. The van der Waals surface area contributed by atoms with Crippen LogP contribution in [-0.2, 0) is 0 Å². The molecule has 1 aliphatic heterocycles. The Bertz CT molecular complexity index is 181. The average molecular weight is 302 g/mol. The van der Waals surface area contributed by atoms with E-state index in [0.29, 0.717) is 0 Å². The Morgan fingerprint density at radius 1 is 0.667 bits per heavy atom. The van der Waals surface area contributed by atoms with E-state index in [1.807, 2.05) is 27.7 Å². The summed E-state index contributed by atoms with van der Waals surface area (Å²) in [5, 5.41) is 0. The SMILES string of the molecule is CC.CC.CCCN1CN(CCC)CN(CCC(C)C)C1. The molecule has 0 N–H and O–H groups in total. The minimum absolute atomic E-state index is 0.816. The van der Waals surface area contributed by atoms with E-state index in [4.69, 9.17) is 0 Å². The van der Waals surface area contributed by atoms with Crippen molar-refractivity contribution in [2.75, 3.05) is 39.6 Å². The Kier molecular flexibility index (Phi) is 17.9. The summed E-state index contributed by atoms with van der Waals surface area (Å²) in [6.45, 7) is 24.4. The van der Waals surface area contributed by atoms with Crippen molar-refractivity contribution in [1.82, 2.24) is 14.7 Å². The largest absolute Gasteiger partial charge is 0.277 e. The molecule has 1 rings (SSSR count). The summed E-state index contributed by atoms with van der Waals surface area (Å²) in [7, 11) is 0. The van der Waals surface area contributed by atoms with Crippen LogP contribution in [0.5, 0.6) is 0 Å². The lowest BCUT2D eigenvalue weighted by atomic mass is 10.1. The molecule has 0 aromatic rings. The molecule has 0 bridgehead atoms. The lowest BCUT2D eigenvalue weighted by molar-refractivity contribution is -0.0306. The van der Waals surface area contributed by atoms with Crippen LogP contribution in [0, 0.1) is 5.92 Å². The highest BCUT2D eigenvalue weighted by molar-refractivity contribution is 4.69. The van der Waals surface area contributed by atoms with Gasteiger partial charge in [-0.1, -0.05) is 55.4 Å². The maximum atomic E-state index is 2.61. The number of hydrogen-bond acceptors (Lipinski definition) is 3. The number of nitrogens with zero attached hydrogens (tertiary/aromatic N) is 3. The van der Waals surface area contributed by atoms with Crippen LogP contribution in [0.4, 0.5) is 0 Å². The van der Waals surface area contributed by atoms with E-state index in [0.717, 1.165) is 5.92 Å². The highest BCUT2D eigenvalue weighted by Gasteiger charge is 2.21. The molecule has 1 aliphatic rings. The van der Waals surface area contributed by atoms with Crippen LogP contribution < -0.4 is 0 Å². The van der Waals surface area contributed by atoms with Crippen molar-refractivity contribution in [3.8, 4) is 0 Å². The number of rotatable bonds is 7. The van der Waals surface area contributed by atoms with Crippen molar-refractivity contribution in [3.05, 3.63) is 0 Å². The Balaban J connectivity index is 0. The van der Waals surface area contributed by atoms with E-state index in [9.17, 15) is 0 Å². The maximum absolute atomic E-state index is 2.61. The van der Waals surface area contributed by atoms with E-state index in [-0.39, 0.29) is 0 Å². The lowest BCUT2D eigenvalue weighted by Gasteiger charge is -2.42. The van der Waals surface area contributed by atoms with Gasteiger partial charge in [0.15, 0.2) is 0 Å². The minimum atomic E-state index is 0.816. The number of hydrogen-bond donors (Lipinski definition) is 0. The highest BCUT2D eigenvalue weighted by Crippen LogP contribution is 2.11. The Hall–Kier alpha value is -0.120. The van der Waals surface area contributed by atoms with Crippen LogP contribution in [0.15, 0.2) is 0 Å². The van der Waals surface area contributed by atoms with Crippen LogP contribution in [-0.4, -0.2) is 54.3 Å². The van der Waals surface area contributed by atoms with Crippen molar-refractivity contribution in [1.29, 1.82) is 0 Å². The van der Waals surface area contributed by atoms with E-state index in [1.165, 1.54) is 58.9 Å². The normalized spacial score (nSPS) is 17.0. The zero-order valence-corrected chi connectivity index (χ0v) is 16.3. The van der Waals surface area contributed by atoms with Crippen LogP contribution in [0.2, 0.25) is 0 Å². The van der Waals surface area contributed by atoms with Crippen LogP contribution in [0.3, 0.4) is 0 Å². The third-order valence-electron chi connectivity index (χ3n) is 3.30. The van der Waals surface area contributed by atoms with Crippen molar-refractivity contribution in [3.63, 3.8) is 0 Å². The third-order valence-corrected chi connectivity index (χ3v) is 3.30. The van der Waals surface area contributed by atoms with Gasteiger partial charge in [-0.15, -0.1) is 0 Å². The average Bonchev–Trinajstić information content (AvgIpc) is 2.50.